The molecule has 0 aliphatic carbocycles. The van der Waals surface area contributed by atoms with E-state index in [0.717, 1.165) is 0 Å². The highest BCUT2D eigenvalue weighted by Gasteiger charge is 2.28. The van der Waals surface area contributed by atoms with E-state index in [4.69, 9.17) is 0 Å². The molecule has 0 aromatic carbocycles. The van der Waals surface area contributed by atoms with Crippen molar-refractivity contribution in [3.8, 4) is 0 Å². The third kappa shape index (κ3) is 1.29. The third-order valence-corrected chi connectivity index (χ3v) is 2.02. The summed E-state index contributed by atoms with van der Waals surface area (Å²) in [5.41, 5.74) is 0. The van der Waals surface area contributed by atoms with Crippen LogP contribution in [0.3, 0.4) is 0 Å². The number of carbonyl (C=O) groups excluding carboxylic acids is 1. The van der Waals surface area contributed by atoms with Gasteiger partial charge >= 0.3 is 0 Å². The van der Waals surface area contributed by atoms with Crippen LogP contribution < -0.4 is 0 Å². The van der Waals surface area contributed by atoms with Crippen LogP contribution in [-0.4, -0.2) is 35.1 Å². The van der Waals surface area contributed by atoms with Crippen molar-refractivity contribution in [1.29, 1.82) is 0 Å². The minimum Gasteiger partial charge on any atom is -0.391 e. The Labute approximate surface area is 60.6 Å². The Balaban J connectivity index is 2.49. The highest BCUT2D eigenvalue weighted by molar-refractivity contribution is 5.73. The molecule has 0 bridgehead atoms. The summed E-state index contributed by atoms with van der Waals surface area (Å²) in [6.07, 6.45) is -0.316. The largest absolute Gasteiger partial charge is 0.391 e. The van der Waals surface area contributed by atoms with Crippen molar-refractivity contribution in [1.82, 2.24) is 4.90 Å². The number of hydrogen-bond acceptors (Lipinski definition) is 2. The van der Waals surface area contributed by atoms with Crippen LogP contribution >= 0.6 is 0 Å². The number of amides is 1. The molecule has 2 atom stereocenters. The van der Waals surface area contributed by atoms with Crippen LogP contribution in [0.25, 0.3) is 0 Å². The minimum absolute atomic E-state index is 0.0587. The van der Waals surface area contributed by atoms with Crippen molar-refractivity contribution in [3.05, 3.63) is 0 Å². The summed E-state index contributed by atoms with van der Waals surface area (Å²) in [6.45, 7) is 4.70. The molecule has 0 radical (unpaired) electrons. The van der Waals surface area contributed by atoms with E-state index in [9.17, 15) is 9.90 Å². The smallest absolute Gasteiger partial charge is 0.219 e. The van der Waals surface area contributed by atoms with Gasteiger partial charge in [0.2, 0.25) is 5.91 Å². The molecular formula is C7H13NO2. The van der Waals surface area contributed by atoms with Gasteiger partial charge in [0, 0.05) is 25.9 Å². The molecule has 3 nitrogen and oxygen atoms in total. The van der Waals surface area contributed by atoms with Crippen molar-refractivity contribution >= 4 is 5.91 Å². The second-order valence-electron chi connectivity index (χ2n) is 2.97. The maximum absolute atomic E-state index is 10.8. The zero-order chi connectivity index (χ0) is 7.72. The number of rotatable bonds is 0. The highest BCUT2D eigenvalue weighted by Crippen LogP contribution is 2.15. The molecular weight excluding hydrogens is 130 g/mol. The topological polar surface area (TPSA) is 40.5 Å². The van der Waals surface area contributed by atoms with E-state index in [2.05, 4.69) is 0 Å². The van der Waals surface area contributed by atoms with Crippen molar-refractivity contribution in [2.45, 2.75) is 20.0 Å². The summed E-state index contributed by atoms with van der Waals surface area (Å²) >= 11 is 0. The average Bonchev–Trinajstić information content (AvgIpc) is 2.13. The summed E-state index contributed by atoms with van der Waals surface area (Å²) in [4.78, 5) is 12.4. The number of likely N-dealkylation sites (tertiary alicyclic amines) is 1. The lowest BCUT2D eigenvalue weighted by Crippen LogP contribution is -2.26. The Hall–Kier alpha value is -0.570. The number of aliphatic hydroxyl groups is 1. The van der Waals surface area contributed by atoms with Gasteiger partial charge in [-0.15, -0.1) is 0 Å². The van der Waals surface area contributed by atoms with E-state index in [1.54, 1.807) is 4.90 Å². The lowest BCUT2D eigenvalue weighted by Gasteiger charge is -2.11. The monoisotopic (exact) mass is 143 g/mol. The SMILES string of the molecule is CC(=O)N1CC(C)C(O)C1. The Morgan fingerprint density at radius 2 is 2.20 bits per heavy atom. The number of β-amino-alcohol motifs (C(OH)–C–C–N with tert-alkyl or cyclic N) is 1. The molecule has 0 aromatic heterocycles. The third-order valence-electron chi connectivity index (χ3n) is 2.02. The normalized spacial score (nSPS) is 32.9. The molecule has 1 N–H and O–H groups in total. The molecule has 1 fully saturated rings. The van der Waals surface area contributed by atoms with Crippen LogP contribution in [0.5, 0.6) is 0 Å². The van der Waals surface area contributed by atoms with Gasteiger partial charge in [0.25, 0.3) is 0 Å². The van der Waals surface area contributed by atoms with Gasteiger partial charge in [0.1, 0.15) is 0 Å². The summed E-state index contributed by atoms with van der Waals surface area (Å²) in [5.74, 6) is 0.298. The van der Waals surface area contributed by atoms with Crippen molar-refractivity contribution in [2.75, 3.05) is 13.1 Å². The second kappa shape index (κ2) is 2.58. The quantitative estimate of drug-likeness (QED) is 0.512. The van der Waals surface area contributed by atoms with Crippen molar-refractivity contribution in [3.63, 3.8) is 0 Å². The summed E-state index contributed by atoms with van der Waals surface area (Å²) in [5, 5.41) is 9.22. The zero-order valence-corrected chi connectivity index (χ0v) is 6.37. The molecule has 58 valence electrons. The Morgan fingerprint density at radius 3 is 2.40 bits per heavy atom. The van der Waals surface area contributed by atoms with E-state index in [1.807, 2.05) is 6.92 Å². The van der Waals surface area contributed by atoms with Crippen LogP contribution in [0.2, 0.25) is 0 Å². The second-order valence-corrected chi connectivity index (χ2v) is 2.97. The predicted octanol–water partition coefficient (Wildman–Crippen LogP) is -0.155. The van der Waals surface area contributed by atoms with Gasteiger partial charge in [-0.25, -0.2) is 0 Å². The number of nitrogens with zero attached hydrogens (tertiary/aromatic N) is 1. The maximum Gasteiger partial charge on any atom is 0.219 e. The molecule has 1 amide bonds. The fourth-order valence-corrected chi connectivity index (χ4v) is 1.21. The summed E-state index contributed by atoms with van der Waals surface area (Å²) in [7, 11) is 0. The molecule has 0 aromatic rings. The number of hydrogen-bond donors (Lipinski definition) is 1. The first-order chi connectivity index (χ1) is 4.61. The molecule has 0 spiro atoms. The highest BCUT2D eigenvalue weighted by atomic mass is 16.3. The van der Waals surface area contributed by atoms with E-state index in [-0.39, 0.29) is 17.9 Å². The maximum atomic E-state index is 10.8. The molecule has 1 rings (SSSR count). The van der Waals surface area contributed by atoms with Crippen LogP contribution in [0, 0.1) is 5.92 Å². The minimum atomic E-state index is -0.316. The Kier molecular flexibility index (Phi) is 1.94. The molecule has 2 unspecified atom stereocenters. The van der Waals surface area contributed by atoms with Gasteiger partial charge in [0.15, 0.2) is 0 Å². The van der Waals surface area contributed by atoms with Crippen LogP contribution in [0.4, 0.5) is 0 Å². The molecule has 1 heterocycles. The van der Waals surface area contributed by atoms with Gasteiger partial charge in [-0.05, 0) is 0 Å². The van der Waals surface area contributed by atoms with E-state index < -0.39 is 0 Å². The van der Waals surface area contributed by atoms with E-state index >= 15 is 0 Å². The van der Waals surface area contributed by atoms with Crippen molar-refractivity contribution in [2.24, 2.45) is 5.92 Å². The standard InChI is InChI=1S/C7H13NO2/c1-5-3-8(6(2)9)4-7(5)10/h5,7,10H,3-4H2,1-2H3. The predicted molar refractivity (Wildman–Crippen MR) is 37.4 cm³/mol. The fourth-order valence-electron chi connectivity index (χ4n) is 1.21. The van der Waals surface area contributed by atoms with Gasteiger partial charge < -0.3 is 10.0 Å². The van der Waals surface area contributed by atoms with Crippen LogP contribution in [0.1, 0.15) is 13.8 Å². The molecule has 10 heavy (non-hydrogen) atoms. The molecule has 3 heteroatoms. The van der Waals surface area contributed by atoms with Gasteiger partial charge in [-0.2, -0.15) is 0 Å². The van der Waals surface area contributed by atoms with Gasteiger partial charge in [-0.1, -0.05) is 6.92 Å². The molecule has 1 aliphatic rings. The lowest BCUT2D eigenvalue weighted by molar-refractivity contribution is -0.128. The number of carbonyl (C=O) groups is 1. The van der Waals surface area contributed by atoms with Crippen LogP contribution in [-0.2, 0) is 4.79 Å². The Morgan fingerprint density at radius 1 is 1.60 bits per heavy atom. The first-order valence-corrected chi connectivity index (χ1v) is 3.55. The Bertz CT molecular complexity index is 137. The van der Waals surface area contributed by atoms with Crippen molar-refractivity contribution < 1.29 is 9.90 Å². The number of aliphatic hydroxyl groups excluding tert-OH is 1. The molecule has 1 saturated heterocycles. The van der Waals surface area contributed by atoms with Crippen LogP contribution in [0.15, 0.2) is 0 Å². The van der Waals surface area contributed by atoms with Gasteiger partial charge in [-0.3, -0.25) is 4.79 Å². The lowest BCUT2D eigenvalue weighted by atomic mass is 10.1. The summed E-state index contributed by atoms with van der Waals surface area (Å²) in [6, 6.07) is 0. The van der Waals surface area contributed by atoms with E-state index in [0.29, 0.717) is 13.1 Å². The van der Waals surface area contributed by atoms with E-state index in [1.165, 1.54) is 6.92 Å². The first kappa shape index (κ1) is 7.54. The first-order valence-electron chi connectivity index (χ1n) is 3.55. The van der Waals surface area contributed by atoms with Gasteiger partial charge in [0.05, 0.1) is 6.10 Å². The fraction of sp³-hybridized carbons (Fsp3) is 0.857. The molecule has 1 aliphatic heterocycles. The molecule has 0 saturated carbocycles. The summed E-state index contributed by atoms with van der Waals surface area (Å²) < 4.78 is 0. The average molecular weight is 143 g/mol. The zero-order valence-electron chi connectivity index (χ0n) is 6.37.